The van der Waals surface area contributed by atoms with Gasteiger partial charge in [0.15, 0.2) is 0 Å². The first-order chi connectivity index (χ1) is 7.82. The molecule has 90 valence electrons. The van der Waals surface area contributed by atoms with Crippen LogP contribution in [0.25, 0.3) is 5.52 Å². The van der Waals surface area contributed by atoms with Crippen LogP contribution in [-0.2, 0) is 0 Å². The molecule has 0 bridgehead atoms. The molecule has 0 saturated carbocycles. The molecule has 2 aromatic rings. The number of pyridine rings is 1. The molecule has 0 aliphatic heterocycles. The van der Waals surface area contributed by atoms with Gasteiger partial charge in [0.25, 0.3) is 5.78 Å². The zero-order chi connectivity index (χ0) is 12.8. The number of ketones is 1. The van der Waals surface area contributed by atoms with E-state index in [1.807, 2.05) is 0 Å². The third kappa shape index (κ3) is 1.95. The smallest absolute Gasteiger partial charge is 0.290 e. The first-order valence-electron chi connectivity index (χ1n) is 4.57. The highest BCUT2D eigenvalue weighted by atomic mass is 79.9. The lowest BCUT2D eigenvalue weighted by atomic mass is 10.2. The van der Waals surface area contributed by atoms with Gasteiger partial charge >= 0.3 is 6.18 Å². The lowest BCUT2D eigenvalue weighted by Crippen LogP contribution is -2.23. The summed E-state index contributed by atoms with van der Waals surface area (Å²) >= 11 is 3.19. The normalized spacial score (nSPS) is 12.1. The van der Waals surface area contributed by atoms with E-state index in [1.165, 1.54) is 17.4 Å². The van der Waals surface area contributed by atoms with Gasteiger partial charge in [0, 0.05) is 0 Å². The Labute approximate surface area is 102 Å². The number of carbonyl (C=O) groups excluding carboxylic acids is 1. The average Bonchev–Trinajstić information content (AvgIpc) is 2.55. The van der Waals surface area contributed by atoms with E-state index in [2.05, 4.69) is 20.9 Å². The Kier molecular flexibility index (Phi) is 2.73. The van der Waals surface area contributed by atoms with Crippen LogP contribution < -0.4 is 0 Å². The molecule has 0 saturated heterocycles. The Balaban J connectivity index is 2.73. The van der Waals surface area contributed by atoms with Crippen LogP contribution in [-0.4, -0.2) is 21.3 Å². The van der Waals surface area contributed by atoms with Crippen molar-refractivity contribution in [3.8, 4) is 0 Å². The summed E-state index contributed by atoms with van der Waals surface area (Å²) < 4.78 is 39.1. The number of Topliss-reactive ketones (excluding diaryl/α,β-unsaturated/α-hetero) is 1. The van der Waals surface area contributed by atoms with Crippen LogP contribution in [0.1, 0.15) is 16.3 Å². The SMILES string of the molecule is Cc1nc(C(=O)C(F)(F)F)c2cccc(Br)n12. The Morgan fingerprint density at radius 2 is 2.06 bits per heavy atom. The Hall–Kier alpha value is -1.37. The van der Waals surface area contributed by atoms with Crippen molar-refractivity contribution in [3.63, 3.8) is 0 Å². The summed E-state index contributed by atoms with van der Waals surface area (Å²) in [6, 6.07) is 4.63. The second-order valence-electron chi connectivity index (χ2n) is 3.40. The molecule has 0 fully saturated rings. The van der Waals surface area contributed by atoms with Crippen LogP contribution in [0.15, 0.2) is 22.8 Å². The third-order valence-electron chi connectivity index (χ3n) is 2.25. The highest BCUT2D eigenvalue weighted by Gasteiger charge is 2.42. The van der Waals surface area contributed by atoms with Gasteiger partial charge < -0.3 is 0 Å². The fourth-order valence-electron chi connectivity index (χ4n) is 1.57. The molecule has 0 amide bonds. The number of nitrogens with zero attached hydrogens (tertiary/aromatic N) is 2. The van der Waals surface area contributed by atoms with E-state index in [0.717, 1.165) is 0 Å². The lowest BCUT2D eigenvalue weighted by molar-refractivity contribution is -0.0887. The van der Waals surface area contributed by atoms with Gasteiger partial charge in [-0.3, -0.25) is 9.20 Å². The second-order valence-corrected chi connectivity index (χ2v) is 4.22. The van der Waals surface area contributed by atoms with E-state index in [0.29, 0.717) is 10.4 Å². The standard InChI is InChI=1S/C10H6BrF3N2O/c1-5-15-8(9(17)10(12,13)14)6-3-2-4-7(11)16(5)6/h2-4H,1H3. The van der Waals surface area contributed by atoms with Crippen molar-refractivity contribution in [2.24, 2.45) is 0 Å². The molecule has 0 spiro atoms. The zero-order valence-corrected chi connectivity index (χ0v) is 10.1. The summed E-state index contributed by atoms with van der Waals surface area (Å²) in [4.78, 5) is 14.9. The molecular formula is C10H6BrF3N2O. The molecule has 17 heavy (non-hydrogen) atoms. The monoisotopic (exact) mass is 306 g/mol. The van der Waals surface area contributed by atoms with Crippen molar-refractivity contribution in [2.75, 3.05) is 0 Å². The maximum absolute atomic E-state index is 12.4. The molecule has 7 heteroatoms. The number of hydrogen-bond acceptors (Lipinski definition) is 2. The zero-order valence-electron chi connectivity index (χ0n) is 8.55. The van der Waals surface area contributed by atoms with Crippen LogP contribution in [0.3, 0.4) is 0 Å². The summed E-state index contributed by atoms with van der Waals surface area (Å²) in [5, 5.41) is 0. The summed E-state index contributed by atoms with van der Waals surface area (Å²) in [6.07, 6.45) is -4.91. The van der Waals surface area contributed by atoms with Crippen molar-refractivity contribution >= 4 is 27.2 Å². The van der Waals surface area contributed by atoms with Crippen molar-refractivity contribution in [1.29, 1.82) is 0 Å². The minimum Gasteiger partial charge on any atom is -0.290 e. The minimum absolute atomic E-state index is 0.138. The molecule has 0 N–H and O–H groups in total. The molecule has 0 aliphatic rings. The number of alkyl halides is 3. The largest absolute Gasteiger partial charge is 0.456 e. The Morgan fingerprint density at radius 3 is 2.65 bits per heavy atom. The minimum atomic E-state index is -4.91. The average molecular weight is 307 g/mol. The number of aromatic nitrogens is 2. The van der Waals surface area contributed by atoms with Crippen LogP contribution in [0.2, 0.25) is 0 Å². The molecule has 2 heterocycles. The predicted molar refractivity (Wildman–Crippen MR) is 58.0 cm³/mol. The van der Waals surface area contributed by atoms with E-state index in [9.17, 15) is 18.0 Å². The van der Waals surface area contributed by atoms with Gasteiger partial charge in [-0.25, -0.2) is 4.98 Å². The van der Waals surface area contributed by atoms with Crippen molar-refractivity contribution in [3.05, 3.63) is 34.3 Å². The second kappa shape index (κ2) is 3.83. The lowest BCUT2D eigenvalue weighted by Gasteiger charge is -2.03. The van der Waals surface area contributed by atoms with Gasteiger partial charge in [-0.05, 0) is 35.0 Å². The highest BCUT2D eigenvalue weighted by molar-refractivity contribution is 9.10. The quantitative estimate of drug-likeness (QED) is 0.599. The van der Waals surface area contributed by atoms with Crippen LogP contribution in [0, 0.1) is 6.92 Å². The molecule has 0 atom stereocenters. The highest BCUT2D eigenvalue weighted by Crippen LogP contribution is 2.26. The molecule has 2 aromatic heterocycles. The van der Waals surface area contributed by atoms with Crippen LogP contribution in [0.5, 0.6) is 0 Å². The van der Waals surface area contributed by atoms with Gasteiger partial charge in [-0.2, -0.15) is 13.2 Å². The molecular weight excluding hydrogens is 301 g/mol. The Morgan fingerprint density at radius 1 is 1.41 bits per heavy atom. The number of aryl methyl sites for hydroxylation is 1. The third-order valence-corrected chi connectivity index (χ3v) is 2.87. The fourth-order valence-corrected chi connectivity index (χ4v) is 2.17. The Bertz CT molecular complexity index is 603. The van der Waals surface area contributed by atoms with Gasteiger partial charge in [-0.15, -0.1) is 0 Å². The number of fused-ring (bicyclic) bond motifs is 1. The number of carbonyl (C=O) groups is 1. The number of imidazole rings is 1. The van der Waals surface area contributed by atoms with E-state index in [4.69, 9.17) is 0 Å². The first-order valence-corrected chi connectivity index (χ1v) is 5.37. The summed E-state index contributed by atoms with van der Waals surface area (Å²) in [5.74, 6) is -1.61. The maximum atomic E-state index is 12.4. The predicted octanol–water partition coefficient (Wildman–Crippen LogP) is 3.15. The number of hydrogen-bond donors (Lipinski definition) is 0. The van der Waals surface area contributed by atoms with Gasteiger partial charge in [0.2, 0.25) is 0 Å². The van der Waals surface area contributed by atoms with Crippen molar-refractivity contribution in [2.45, 2.75) is 13.1 Å². The summed E-state index contributed by atoms with van der Waals surface area (Å²) in [7, 11) is 0. The van der Waals surface area contributed by atoms with Gasteiger partial charge in [0.1, 0.15) is 11.5 Å². The summed E-state index contributed by atoms with van der Waals surface area (Å²) in [5.41, 5.74) is -0.435. The van der Waals surface area contributed by atoms with E-state index in [-0.39, 0.29) is 5.52 Å². The van der Waals surface area contributed by atoms with Crippen LogP contribution in [0.4, 0.5) is 13.2 Å². The topological polar surface area (TPSA) is 34.4 Å². The number of rotatable bonds is 1. The first kappa shape index (κ1) is 12.1. The molecule has 0 aromatic carbocycles. The fraction of sp³-hybridized carbons (Fsp3) is 0.200. The van der Waals surface area contributed by atoms with Crippen LogP contribution >= 0.6 is 15.9 Å². The van der Waals surface area contributed by atoms with Gasteiger partial charge in [0.05, 0.1) is 10.1 Å². The summed E-state index contributed by atoms with van der Waals surface area (Å²) in [6.45, 7) is 1.53. The molecule has 0 unspecified atom stereocenters. The molecule has 0 radical (unpaired) electrons. The molecule has 2 rings (SSSR count). The van der Waals surface area contributed by atoms with Crippen molar-refractivity contribution in [1.82, 2.24) is 9.38 Å². The van der Waals surface area contributed by atoms with E-state index in [1.54, 1.807) is 12.1 Å². The molecule has 3 nitrogen and oxygen atoms in total. The number of halogens is 4. The van der Waals surface area contributed by atoms with E-state index < -0.39 is 17.7 Å². The van der Waals surface area contributed by atoms with Crippen molar-refractivity contribution < 1.29 is 18.0 Å². The molecule has 0 aliphatic carbocycles. The maximum Gasteiger partial charge on any atom is 0.456 e. The van der Waals surface area contributed by atoms with Gasteiger partial charge in [-0.1, -0.05) is 6.07 Å². The van der Waals surface area contributed by atoms with E-state index >= 15 is 0 Å².